The van der Waals surface area contributed by atoms with E-state index in [0.717, 1.165) is 16.8 Å². The second-order valence-corrected chi connectivity index (χ2v) is 4.53. The van der Waals surface area contributed by atoms with Gasteiger partial charge in [-0.05, 0) is 24.1 Å². The molecule has 0 aliphatic carbocycles. The third-order valence-electron chi connectivity index (χ3n) is 2.73. The monoisotopic (exact) mass is 302 g/mol. The van der Waals surface area contributed by atoms with Gasteiger partial charge >= 0.3 is 0 Å². The van der Waals surface area contributed by atoms with Crippen molar-refractivity contribution < 1.29 is 0 Å². The first-order valence-corrected chi connectivity index (χ1v) is 6.57. The van der Waals surface area contributed by atoms with Crippen LogP contribution in [0, 0.1) is 18.3 Å². The molecule has 0 aliphatic rings. The van der Waals surface area contributed by atoms with Crippen LogP contribution in [0.4, 0.5) is 0 Å². The van der Waals surface area contributed by atoms with E-state index in [1.54, 1.807) is 0 Å². The molecule has 1 N–H and O–H groups in total. The van der Waals surface area contributed by atoms with Crippen LogP contribution in [0.5, 0.6) is 0 Å². The third-order valence-corrected chi connectivity index (χ3v) is 3.34. The smallest absolute Gasteiger partial charge is 0.266 e. The Morgan fingerprint density at radius 3 is 2.72 bits per heavy atom. The summed E-state index contributed by atoms with van der Waals surface area (Å²) in [5.74, 6) is 0. The van der Waals surface area contributed by atoms with Gasteiger partial charge in [0.2, 0.25) is 0 Å². The molecule has 18 heavy (non-hydrogen) atoms. The molecule has 1 aromatic heterocycles. The average molecular weight is 303 g/mol. The van der Waals surface area contributed by atoms with Crippen molar-refractivity contribution >= 4 is 15.9 Å². The first-order valence-electron chi connectivity index (χ1n) is 5.45. The van der Waals surface area contributed by atoms with Gasteiger partial charge in [-0.3, -0.25) is 4.79 Å². The molecule has 90 valence electrons. The quantitative estimate of drug-likeness (QED) is 0.867. The Morgan fingerprint density at radius 1 is 1.33 bits per heavy atom. The Kier molecular flexibility index (Phi) is 3.63. The molecule has 0 bridgehead atoms. The molecular formula is C14H11BrN2O. The number of H-pyrrole nitrogens is 1. The van der Waals surface area contributed by atoms with Crippen LogP contribution in [0.1, 0.15) is 16.8 Å². The number of benzene rings is 1. The Hall–Kier alpha value is -1.86. The summed E-state index contributed by atoms with van der Waals surface area (Å²) in [4.78, 5) is 14.4. The second-order valence-electron chi connectivity index (χ2n) is 3.97. The maximum atomic E-state index is 11.8. The lowest BCUT2D eigenvalue weighted by atomic mass is 9.97. The normalized spacial score (nSPS) is 10.1. The van der Waals surface area contributed by atoms with Crippen LogP contribution in [0.2, 0.25) is 0 Å². The van der Waals surface area contributed by atoms with E-state index in [1.807, 2.05) is 43.3 Å². The maximum Gasteiger partial charge on any atom is 0.266 e. The number of pyridine rings is 1. The van der Waals surface area contributed by atoms with E-state index in [2.05, 4.69) is 20.9 Å². The number of hydrogen-bond donors (Lipinski definition) is 1. The van der Waals surface area contributed by atoms with Gasteiger partial charge in [-0.2, -0.15) is 5.26 Å². The van der Waals surface area contributed by atoms with Crippen molar-refractivity contribution in [3.63, 3.8) is 0 Å². The highest BCUT2D eigenvalue weighted by molar-refractivity contribution is 9.08. The Labute approximate surface area is 113 Å². The van der Waals surface area contributed by atoms with Gasteiger partial charge in [0.25, 0.3) is 5.56 Å². The Bertz CT molecular complexity index is 683. The van der Waals surface area contributed by atoms with E-state index in [9.17, 15) is 4.79 Å². The van der Waals surface area contributed by atoms with Gasteiger partial charge in [-0.1, -0.05) is 40.2 Å². The molecule has 0 saturated heterocycles. The molecule has 0 saturated carbocycles. The van der Waals surface area contributed by atoms with Crippen molar-refractivity contribution in [3.8, 4) is 17.2 Å². The summed E-state index contributed by atoms with van der Waals surface area (Å²) in [6.45, 7) is 1.81. The van der Waals surface area contributed by atoms with Crippen molar-refractivity contribution in [2.45, 2.75) is 12.3 Å². The van der Waals surface area contributed by atoms with Crippen LogP contribution in [-0.4, -0.2) is 4.98 Å². The molecule has 0 fully saturated rings. The van der Waals surface area contributed by atoms with Crippen molar-refractivity contribution in [3.05, 3.63) is 57.5 Å². The molecule has 2 rings (SSSR count). The molecule has 4 heteroatoms. The summed E-state index contributed by atoms with van der Waals surface area (Å²) < 4.78 is 0. The fourth-order valence-corrected chi connectivity index (χ4v) is 2.40. The fourth-order valence-electron chi connectivity index (χ4n) is 1.91. The highest BCUT2D eigenvalue weighted by Gasteiger charge is 2.12. The molecule has 0 amide bonds. The van der Waals surface area contributed by atoms with E-state index < -0.39 is 0 Å². The van der Waals surface area contributed by atoms with Gasteiger partial charge in [-0.25, -0.2) is 0 Å². The van der Waals surface area contributed by atoms with Gasteiger partial charge in [-0.15, -0.1) is 0 Å². The van der Waals surface area contributed by atoms with Crippen molar-refractivity contribution in [2.24, 2.45) is 0 Å². The summed E-state index contributed by atoms with van der Waals surface area (Å²) in [6.07, 6.45) is 0. The minimum Gasteiger partial charge on any atom is -0.325 e. The van der Waals surface area contributed by atoms with Gasteiger partial charge in [0.05, 0.1) is 0 Å². The number of hydrogen-bond acceptors (Lipinski definition) is 2. The molecule has 0 atom stereocenters. The van der Waals surface area contributed by atoms with Crippen LogP contribution in [-0.2, 0) is 5.33 Å². The van der Waals surface area contributed by atoms with Gasteiger partial charge in [0.15, 0.2) is 0 Å². The summed E-state index contributed by atoms with van der Waals surface area (Å²) in [7, 11) is 0. The number of aromatic nitrogens is 1. The molecule has 2 aromatic rings. The first-order chi connectivity index (χ1) is 8.67. The highest BCUT2D eigenvalue weighted by Crippen LogP contribution is 2.27. The zero-order valence-electron chi connectivity index (χ0n) is 9.83. The summed E-state index contributed by atoms with van der Waals surface area (Å²) in [6, 6.07) is 11.6. The lowest BCUT2D eigenvalue weighted by Gasteiger charge is -2.09. The van der Waals surface area contributed by atoms with E-state index >= 15 is 0 Å². The molecule has 0 spiro atoms. The molecule has 3 nitrogen and oxygen atoms in total. The molecule has 0 radical (unpaired) electrons. The Balaban J connectivity index is 2.79. The SMILES string of the molecule is Cc1cc(-c2ccccc2CBr)c(C#N)c(=O)[nH]1. The fraction of sp³-hybridized carbons (Fsp3) is 0.143. The second kappa shape index (κ2) is 5.19. The largest absolute Gasteiger partial charge is 0.325 e. The molecule has 0 aliphatic heterocycles. The van der Waals surface area contributed by atoms with E-state index in [0.29, 0.717) is 10.9 Å². The number of alkyl halides is 1. The van der Waals surface area contributed by atoms with Gasteiger partial charge in [0, 0.05) is 16.6 Å². The lowest BCUT2D eigenvalue weighted by molar-refractivity contribution is 1.13. The first kappa shape index (κ1) is 12.6. The van der Waals surface area contributed by atoms with Crippen LogP contribution in [0.3, 0.4) is 0 Å². The van der Waals surface area contributed by atoms with E-state index in [1.165, 1.54) is 0 Å². The number of nitriles is 1. The summed E-state index contributed by atoms with van der Waals surface area (Å²) >= 11 is 3.42. The highest BCUT2D eigenvalue weighted by atomic mass is 79.9. The predicted molar refractivity (Wildman–Crippen MR) is 74.6 cm³/mol. The average Bonchev–Trinajstić information content (AvgIpc) is 2.38. The Morgan fingerprint density at radius 2 is 2.06 bits per heavy atom. The van der Waals surface area contributed by atoms with Crippen LogP contribution in [0.25, 0.3) is 11.1 Å². The van der Waals surface area contributed by atoms with E-state index in [-0.39, 0.29) is 11.1 Å². The van der Waals surface area contributed by atoms with Crippen LogP contribution < -0.4 is 5.56 Å². The topological polar surface area (TPSA) is 56.6 Å². The molecule has 0 unspecified atom stereocenters. The number of halogens is 1. The number of nitrogens with one attached hydrogen (secondary N) is 1. The van der Waals surface area contributed by atoms with Gasteiger partial charge < -0.3 is 4.98 Å². The standard InChI is InChI=1S/C14H11BrN2O/c1-9-6-12(13(8-16)14(18)17-9)11-5-3-2-4-10(11)7-15/h2-6H,7H2,1H3,(H,17,18). The molecular weight excluding hydrogens is 292 g/mol. The van der Waals surface area contributed by atoms with Crippen LogP contribution in [0.15, 0.2) is 35.1 Å². The number of aromatic amines is 1. The van der Waals surface area contributed by atoms with Crippen molar-refractivity contribution in [2.75, 3.05) is 0 Å². The zero-order chi connectivity index (χ0) is 13.1. The summed E-state index contributed by atoms with van der Waals surface area (Å²) in [5, 5.41) is 9.81. The third kappa shape index (κ3) is 2.22. The number of nitrogens with zero attached hydrogens (tertiary/aromatic N) is 1. The minimum absolute atomic E-state index is 0.161. The molecule has 1 heterocycles. The number of rotatable bonds is 2. The lowest BCUT2D eigenvalue weighted by Crippen LogP contribution is -2.13. The number of aryl methyl sites for hydroxylation is 1. The maximum absolute atomic E-state index is 11.8. The van der Waals surface area contributed by atoms with Crippen molar-refractivity contribution in [1.29, 1.82) is 5.26 Å². The van der Waals surface area contributed by atoms with Crippen LogP contribution >= 0.6 is 15.9 Å². The summed E-state index contributed by atoms with van der Waals surface area (Å²) in [5.41, 5.74) is 3.23. The minimum atomic E-state index is -0.336. The zero-order valence-corrected chi connectivity index (χ0v) is 11.4. The van der Waals surface area contributed by atoms with Crippen molar-refractivity contribution in [1.82, 2.24) is 4.98 Å². The predicted octanol–water partition coefficient (Wildman–Crippen LogP) is 3.12. The van der Waals surface area contributed by atoms with E-state index in [4.69, 9.17) is 5.26 Å². The molecule has 1 aromatic carbocycles. The van der Waals surface area contributed by atoms with Gasteiger partial charge in [0.1, 0.15) is 11.6 Å².